The van der Waals surface area contributed by atoms with E-state index >= 15 is 0 Å². The van der Waals surface area contributed by atoms with Crippen molar-refractivity contribution >= 4 is 0 Å². The van der Waals surface area contributed by atoms with Crippen LogP contribution in [0.5, 0.6) is 11.5 Å². The number of hydrogen-bond donors (Lipinski definition) is 2. The van der Waals surface area contributed by atoms with E-state index in [4.69, 9.17) is 0 Å². The SMILES string of the molecule is CCCC(c1ccccc1O)c1c(O)c(CC)c(CC)c(CC)c1CC. The summed E-state index contributed by atoms with van der Waals surface area (Å²) in [4.78, 5) is 0. The number of benzene rings is 2. The highest BCUT2D eigenvalue weighted by molar-refractivity contribution is 5.59. The Bertz CT molecular complexity index is 746. The van der Waals surface area contributed by atoms with Crippen LogP contribution in [0.4, 0.5) is 0 Å². The van der Waals surface area contributed by atoms with Gasteiger partial charge in [0, 0.05) is 17.0 Å². The van der Waals surface area contributed by atoms with Crippen molar-refractivity contribution in [3.8, 4) is 11.5 Å². The van der Waals surface area contributed by atoms with Crippen molar-refractivity contribution in [1.82, 2.24) is 0 Å². The second kappa shape index (κ2) is 9.12. The van der Waals surface area contributed by atoms with Crippen LogP contribution in [-0.2, 0) is 25.7 Å². The summed E-state index contributed by atoms with van der Waals surface area (Å²) >= 11 is 0. The minimum Gasteiger partial charge on any atom is -0.508 e. The van der Waals surface area contributed by atoms with Crippen molar-refractivity contribution in [3.63, 3.8) is 0 Å². The number of phenols is 2. The molecule has 0 aliphatic carbocycles. The van der Waals surface area contributed by atoms with Crippen LogP contribution in [0.25, 0.3) is 0 Å². The summed E-state index contributed by atoms with van der Waals surface area (Å²) in [6.45, 7) is 10.9. The van der Waals surface area contributed by atoms with Gasteiger partial charge in [0.2, 0.25) is 0 Å². The molecule has 2 N–H and O–H groups in total. The van der Waals surface area contributed by atoms with Gasteiger partial charge in [0.1, 0.15) is 11.5 Å². The fraction of sp³-hybridized carbons (Fsp3) is 0.500. The third-order valence-electron chi connectivity index (χ3n) is 5.61. The number of phenolic OH excluding ortho intramolecular Hbond substituents is 2. The molecule has 0 saturated heterocycles. The lowest BCUT2D eigenvalue weighted by molar-refractivity contribution is 0.444. The molecule has 142 valence electrons. The Morgan fingerprint density at radius 1 is 0.731 bits per heavy atom. The molecule has 26 heavy (non-hydrogen) atoms. The first kappa shape index (κ1) is 20.4. The number of aromatic hydroxyl groups is 2. The minimum atomic E-state index is 0.0256. The zero-order valence-electron chi connectivity index (χ0n) is 17.0. The summed E-state index contributed by atoms with van der Waals surface area (Å²) < 4.78 is 0. The summed E-state index contributed by atoms with van der Waals surface area (Å²) in [5.74, 6) is 0.806. The first-order valence-electron chi connectivity index (χ1n) is 10.2. The topological polar surface area (TPSA) is 40.5 Å². The van der Waals surface area contributed by atoms with Crippen molar-refractivity contribution in [1.29, 1.82) is 0 Å². The maximum atomic E-state index is 11.3. The lowest BCUT2D eigenvalue weighted by atomic mass is 9.77. The molecule has 0 aliphatic heterocycles. The molecule has 0 saturated carbocycles. The van der Waals surface area contributed by atoms with Crippen LogP contribution in [-0.4, -0.2) is 10.2 Å². The zero-order valence-corrected chi connectivity index (χ0v) is 17.0. The van der Waals surface area contributed by atoms with E-state index in [0.717, 1.165) is 55.2 Å². The van der Waals surface area contributed by atoms with Gasteiger partial charge in [0.15, 0.2) is 0 Å². The fourth-order valence-corrected chi connectivity index (χ4v) is 4.52. The van der Waals surface area contributed by atoms with Crippen molar-refractivity contribution in [2.75, 3.05) is 0 Å². The van der Waals surface area contributed by atoms with E-state index in [1.54, 1.807) is 6.07 Å². The average molecular weight is 355 g/mol. The van der Waals surface area contributed by atoms with Crippen LogP contribution < -0.4 is 0 Å². The average Bonchev–Trinajstić information content (AvgIpc) is 2.65. The maximum Gasteiger partial charge on any atom is 0.123 e. The standard InChI is InChI=1S/C24H34O2/c1-6-13-21(20-14-11-12-15-22(20)25)23-18(9-4)16(7-2)17(8-3)19(10-5)24(23)26/h11-12,14-15,21,25-26H,6-10,13H2,1-5H3. The van der Waals surface area contributed by atoms with Gasteiger partial charge in [-0.05, 0) is 60.4 Å². The summed E-state index contributed by atoms with van der Waals surface area (Å²) in [6.07, 6.45) is 5.57. The smallest absolute Gasteiger partial charge is 0.123 e. The van der Waals surface area contributed by atoms with E-state index < -0.39 is 0 Å². The van der Waals surface area contributed by atoms with Crippen molar-refractivity contribution < 1.29 is 10.2 Å². The van der Waals surface area contributed by atoms with E-state index in [9.17, 15) is 10.2 Å². The zero-order chi connectivity index (χ0) is 19.3. The van der Waals surface area contributed by atoms with Crippen molar-refractivity contribution in [2.45, 2.75) is 79.1 Å². The molecule has 1 atom stereocenters. The molecule has 2 rings (SSSR count). The van der Waals surface area contributed by atoms with Gasteiger partial charge in [-0.3, -0.25) is 0 Å². The third-order valence-corrected chi connectivity index (χ3v) is 5.61. The normalized spacial score (nSPS) is 12.3. The quantitative estimate of drug-likeness (QED) is 0.585. The highest BCUT2D eigenvalue weighted by Gasteiger charge is 2.27. The second-order valence-electron chi connectivity index (χ2n) is 6.99. The third kappa shape index (κ3) is 3.60. The molecule has 0 aliphatic rings. The van der Waals surface area contributed by atoms with Crippen LogP contribution in [0.1, 0.15) is 86.8 Å². The molecule has 0 bridgehead atoms. The van der Waals surface area contributed by atoms with Crippen LogP contribution in [0.2, 0.25) is 0 Å². The van der Waals surface area contributed by atoms with Gasteiger partial charge in [-0.1, -0.05) is 59.2 Å². The minimum absolute atomic E-state index is 0.0256. The molecule has 0 spiro atoms. The van der Waals surface area contributed by atoms with E-state index in [1.807, 2.05) is 18.2 Å². The Morgan fingerprint density at radius 2 is 1.27 bits per heavy atom. The highest BCUT2D eigenvalue weighted by atomic mass is 16.3. The van der Waals surface area contributed by atoms with Crippen LogP contribution in [0.3, 0.4) is 0 Å². The number of para-hydroxylation sites is 1. The fourth-order valence-electron chi connectivity index (χ4n) is 4.52. The predicted molar refractivity (Wildman–Crippen MR) is 110 cm³/mol. The van der Waals surface area contributed by atoms with Crippen LogP contribution >= 0.6 is 0 Å². The van der Waals surface area contributed by atoms with Gasteiger partial charge in [0.05, 0.1) is 0 Å². The Balaban J connectivity index is 2.86. The molecular formula is C24H34O2. The van der Waals surface area contributed by atoms with E-state index in [2.05, 4.69) is 34.6 Å². The molecular weight excluding hydrogens is 320 g/mol. The largest absolute Gasteiger partial charge is 0.508 e. The second-order valence-corrected chi connectivity index (χ2v) is 6.99. The van der Waals surface area contributed by atoms with Crippen LogP contribution in [0, 0.1) is 0 Å². The maximum absolute atomic E-state index is 11.3. The van der Waals surface area contributed by atoms with Gasteiger partial charge < -0.3 is 10.2 Å². The van der Waals surface area contributed by atoms with E-state index in [-0.39, 0.29) is 5.92 Å². The van der Waals surface area contributed by atoms with Crippen molar-refractivity contribution in [3.05, 3.63) is 57.6 Å². The van der Waals surface area contributed by atoms with Gasteiger partial charge in [-0.25, -0.2) is 0 Å². The molecule has 0 amide bonds. The Hall–Kier alpha value is -1.96. The first-order valence-corrected chi connectivity index (χ1v) is 10.2. The number of rotatable bonds is 8. The molecule has 2 aromatic rings. The molecule has 0 fully saturated rings. The predicted octanol–water partition coefficient (Wildman–Crippen LogP) is 6.28. The van der Waals surface area contributed by atoms with Crippen molar-refractivity contribution in [2.24, 2.45) is 0 Å². The number of hydrogen-bond acceptors (Lipinski definition) is 2. The van der Waals surface area contributed by atoms with E-state index in [1.165, 1.54) is 16.7 Å². The first-order chi connectivity index (χ1) is 12.5. The monoisotopic (exact) mass is 354 g/mol. The lowest BCUT2D eigenvalue weighted by Crippen LogP contribution is -2.12. The Kier molecular flexibility index (Phi) is 7.14. The molecule has 0 radical (unpaired) electrons. The summed E-state index contributed by atoms with van der Waals surface area (Å²) in [5, 5.41) is 21.8. The Labute approximate surface area is 158 Å². The lowest BCUT2D eigenvalue weighted by Gasteiger charge is -2.28. The van der Waals surface area contributed by atoms with E-state index in [0.29, 0.717) is 11.5 Å². The molecule has 2 heteroatoms. The molecule has 2 nitrogen and oxygen atoms in total. The summed E-state index contributed by atoms with van der Waals surface area (Å²) in [7, 11) is 0. The van der Waals surface area contributed by atoms with Gasteiger partial charge in [-0.15, -0.1) is 0 Å². The molecule has 0 heterocycles. The summed E-state index contributed by atoms with van der Waals surface area (Å²) in [6, 6.07) is 7.59. The van der Waals surface area contributed by atoms with Gasteiger partial charge >= 0.3 is 0 Å². The summed E-state index contributed by atoms with van der Waals surface area (Å²) in [5.41, 5.74) is 7.06. The highest BCUT2D eigenvalue weighted by Crippen LogP contribution is 2.45. The van der Waals surface area contributed by atoms with Gasteiger partial charge in [-0.2, -0.15) is 0 Å². The molecule has 1 unspecified atom stereocenters. The Morgan fingerprint density at radius 3 is 1.77 bits per heavy atom. The van der Waals surface area contributed by atoms with Gasteiger partial charge in [0.25, 0.3) is 0 Å². The molecule has 2 aromatic carbocycles. The molecule has 0 aromatic heterocycles. The van der Waals surface area contributed by atoms with Crippen LogP contribution in [0.15, 0.2) is 24.3 Å².